The number of piperidine rings is 1. The molecular weight excluding hydrogens is 350 g/mol. The molecule has 136 valence electrons. The van der Waals surface area contributed by atoms with Crippen molar-refractivity contribution >= 4 is 23.4 Å². The second-order valence-corrected chi connectivity index (χ2v) is 7.02. The average Bonchev–Trinajstić information content (AvgIpc) is 2.67. The van der Waals surface area contributed by atoms with Gasteiger partial charge in [-0.05, 0) is 48.6 Å². The summed E-state index contributed by atoms with van der Waals surface area (Å²) in [6.45, 7) is 2.09. The predicted octanol–water partition coefficient (Wildman–Crippen LogP) is 2.95. The highest BCUT2D eigenvalue weighted by Crippen LogP contribution is 2.18. The van der Waals surface area contributed by atoms with Crippen LogP contribution in [-0.4, -0.2) is 41.3 Å². The average molecular weight is 372 g/mol. The molecule has 0 unspecified atom stereocenters. The first-order chi connectivity index (χ1) is 12.6. The zero-order chi connectivity index (χ0) is 18.4. The molecule has 1 aliphatic heterocycles. The molecule has 1 N–H and O–H groups in total. The van der Waals surface area contributed by atoms with Crippen LogP contribution in [0, 0.1) is 5.92 Å². The van der Waals surface area contributed by atoms with E-state index in [9.17, 15) is 9.59 Å². The van der Waals surface area contributed by atoms with Crippen molar-refractivity contribution in [2.75, 3.05) is 19.6 Å². The number of carbonyl (C=O) groups excluding carboxylic acids is 2. The first kappa shape index (κ1) is 18.4. The Hall–Kier alpha value is -2.40. The molecule has 0 aliphatic carbocycles. The fourth-order valence-electron chi connectivity index (χ4n) is 3.16. The van der Waals surface area contributed by atoms with Crippen LogP contribution in [0.4, 0.5) is 0 Å². The number of nitrogens with zero attached hydrogens (tertiary/aromatic N) is 2. The van der Waals surface area contributed by atoms with E-state index in [4.69, 9.17) is 11.6 Å². The van der Waals surface area contributed by atoms with E-state index in [1.54, 1.807) is 30.6 Å². The summed E-state index contributed by atoms with van der Waals surface area (Å²) >= 11 is 5.97. The molecule has 1 fully saturated rings. The van der Waals surface area contributed by atoms with Crippen LogP contribution in [0.25, 0.3) is 0 Å². The normalized spacial score (nSPS) is 14.9. The number of carbonyl (C=O) groups is 2. The summed E-state index contributed by atoms with van der Waals surface area (Å²) in [5.74, 6) is 0.425. The molecule has 2 amide bonds. The number of aromatic nitrogens is 1. The Morgan fingerprint density at radius 3 is 2.69 bits per heavy atom. The first-order valence-electron chi connectivity index (χ1n) is 8.82. The van der Waals surface area contributed by atoms with Crippen LogP contribution in [0.3, 0.4) is 0 Å². The molecule has 0 bridgehead atoms. The molecule has 3 rings (SSSR count). The van der Waals surface area contributed by atoms with E-state index < -0.39 is 0 Å². The van der Waals surface area contributed by atoms with Crippen molar-refractivity contribution in [3.63, 3.8) is 0 Å². The Morgan fingerprint density at radius 2 is 2.00 bits per heavy atom. The van der Waals surface area contributed by atoms with Gasteiger partial charge in [-0.1, -0.05) is 23.7 Å². The van der Waals surface area contributed by atoms with Gasteiger partial charge < -0.3 is 10.2 Å². The Morgan fingerprint density at radius 1 is 1.19 bits per heavy atom. The van der Waals surface area contributed by atoms with E-state index in [1.165, 1.54) is 0 Å². The zero-order valence-corrected chi connectivity index (χ0v) is 15.3. The van der Waals surface area contributed by atoms with Gasteiger partial charge in [-0.15, -0.1) is 0 Å². The van der Waals surface area contributed by atoms with Crippen molar-refractivity contribution in [1.82, 2.24) is 15.2 Å². The highest BCUT2D eigenvalue weighted by Gasteiger charge is 2.23. The van der Waals surface area contributed by atoms with Crippen LogP contribution in [-0.2, 0) is 11.2 Å². The first-order valence-corrected chi connectivity index (χ1v) is 9.20. The van der Waals surface area contributed by atoms with Crippen molar-refractivity contribution in [3.05, 3.63) is 64.9 Å². The zero-order valence-electron chi connectivity index (χ0n) is 14.5. The van der Waals surface area contributed by atoms with E-state index in [0.29, 0.717) is 29.5 Å². The van der Waals surface area contributed by atoms with Gasteiger partial charge in [-0.3, -0.25) is 14.6 Å². The third-order valence-corrected chi connectivity index (χ3v) is 4.92. The number of pyridine rings is 1. The van der Waals surface area contributed by atoms with E-state index in [2.05, 4.69) is 10.3 Å². The fourth-order valence-corrected chi connectivity index (χ4v) is 3.37. The lowest BCUT2D eigenvalue weighted by Crippen LogP contribution is -2.42. The molecule has 6 heteroatoms. The number of hydrogen-bond acceptors (Lipinski definition) is 3. The highest BCUT2D eigenvalue weighted by molar-refractivity contribution is 6.30. The maximum Gasteiger partial charge on any atom is 0.252 e. The van der Waals surface area contributed by atoms with Crippen LogP contribution in [0.2, 0.25) is 5.02 Å². The summed E-state index contributed by atoms with van der Waals surface area (Å²) in [7, 11) is 0. The molecule has 1 saturated heterocycles. The van der Waals surface area contributed by atoms with Gasteiger partial charge in [0.05, 0.1) is 12.0 Å². The Balaban J connectivity index is 1.42. The largest absolute Gasteiger partial charge is 0.352 e. The fraction of sp³-hybridized carbons (Fsp3) is 0.350. The summed E-state index contributed by atoms with van der Waals surface area (Å²) in [5, 5.41) is 3.61. The van der Waals surface area contributed by atoms with Gasteiger partial charge in [-0.2, -0.15) is 0 Å². The van der Waals surface area contributed by atoms with Gasteiger partial charge >= 0.3 is 0 Å². The molecule has 26 heavy (non-hydrogen) atoms. The molecule has 2 heterocycles. The highest BCUT2D eigenvalue weighted by atomic mass is 35.5. The maximum absolute atomic E-state index is 12.4. The molecule has 1 aliphatic rings. The predicted molar refractivity (Wildman–Crippen MR) is 101 cm³/mol. The van der Waals surface area contributed by atoms with Gasteiger partial charge in [0, 0.05) is 37.1 Å². The number of benzene rings is 1. The molecular formula is C20H22ClN3O2. The van der Waals surface area contributed by atoms with Gasteiger partial charge in [-0.25, -0.2) is 0 Å². The van der Waals surface area contributed by atoms with Gasteiger partial charge in [0.25, 0.3) is 5.91 Å². The third kappa shape index (κ3) is 5.05. The van der Waals surface area contributed by atoms with Crippen molar-refractivity contribution in [1.29, 1.82) is 0 Å². The Bertz CT molecular complexity index is 759. The smallest absolute Gasteiger partial charge is 0.252 e. The monoisotopic (exact) mass is 371 g/mol. The molecule has 0 atom stereocenters. The van der Waals surface area contributed by atoms with Crippen molar-refractivity contribution in [3.8, 4) is 0 Å². The molecule has 0 radical (unpaired) electrons. The summed E-state index contributed by atoms with van der Waals surface area (Å²) in [4.78, 5) is 30.4. The number of hydrogen-bond donors (Lipinski definition) is 1. The lowest BCUT2D eigenvalue weighted by Gasteiger charge is -2.32. The minimum absolute atomic E-state index is 0.0995. The minimum atomic E-state index is -0.0995. The number of halogens is 1. The molecule has 1 aromatic heterocycles. The molecule has 1 aromatic carbocycles. The lowest BCUT2D eigenvalue weighted by atomic mass is 9.96. The quantitative estimate of drug-likeness (QED) is 0.878. The van der Waals surface area contributed by atoms with E-state index >= 15 is 0 Å². The van der Waals surface area contributed by atoms with Gasteiger partial charge in [0.1, 0.15) is 0 Å². The molecule has 0 saturated carbocycles. The van der Waals surface area contributed by atoms with Crippen molar-refractivity contribution in [2.45, 2.75) is 19.3 Å². The van der Waals surface area contributed by atoms with Crippen molar-refractivity contribution in [2.24, 2.45) is 5.92 Å². The molecule has 2 aromatic rings. The van der Waals surface area contributed by atoms with Crippen LogP contribution in [0.15, 0.2) is 48.8 Å². The summed E-state index contributed by atoms with van der Waals surface area (Å²) in [5.41, 5.74) is 1.51. The van der Waals surface area contributed by atoms with E-state index in [0.717, 1.165) is 31.5 Å². The summed E-state index contributed by atoms with van der Waals surface area (Å²) in [6, 6.07) is 10.9. The number of amides is 2. The number of nitrogens with one attached hydrogen (secondary N) is 1. The SMILES string of the molecule is O=C(NCC1CCN(C(=O)Cc2cccc(Cl)c2)CC1)c1cccnc1. The number of rotatable bonds is 5. The van der Waals surface area contributed by atoms with Crippen LogP contribution >= 0.6 is 11.6 Å². The maximum atomic E-state index is 12.4. The van der Waals surface area contributed by atoms with Gasteiger partial charge in [0.2, 0.25) is 5.91 Å². The van der Waals surface area contributed by atoms with Gasteiger partial charge in [0.15, 0.2) is 0 Å². The van der Waals surface area contributed by atoms with Crippen LogP contribution < -0.4 is 5.32 Å². The number of likely N-dealkylation sites (tertiary alicyclic amines) is 1. The second kappa shape index (κ2) is 8.81. The van der Waals surface area contributed by atoms with E-state index in [1.807, 2.05) is 23.1 Å². The lowest BCUT2D eigenvalue weighted by molar-refractivity contribution is -0.131. The van der Waals surface area contributed by atoms with Crippen molar-refractivity contribution < 1.29 is 9.59 Å². The Labute approximate surface area is 158 Å². The molecule has 0 spiro atoms. The minimum Gasteiger partial charge on any atom is -0.352 e. The second-order valence-electron chi connectivity index (χ2n) is 6.58. The van der Waals surface area contributed by atoms with E-state index in [-0.39, 0.29) is 11.8 Å². The standard InChI is InChI=1S/C20H22ClN3O2/c21-18-5-1-3-16(11-18)12-19(25)24-9-6-15(7-10-24)13-23-20(26)17-4-2-8-22-14-17/h1-5,8,11,14-15H,6-7,9-10,12-13H2,(H,23,26). The van der Waals surface area contributed by atoms with Crippen LogP contribution in [0.5, 0.6) is 0 Å². The summed E-state index contributed by atoms with van der Waals surface area (Å²) in [6.07, 6.45) is 5.38. The topological polar surface area (TPSA) is 62.3 Å². The third-order valence-electron chi connectivity index (χ3n) is 4.69. The Kier molecular flexibility index (Phi) is 6.23. The summed E-state index contributed by atoms with van der Waals surface area (Å²) < 4.78 is 0. The molecule has 5 nitrogen and oxygen atoms in total. The van der Waals surface area contributed by atoms with Crippen LogP contribution in [0.1, 0.15) is 28.8 Å².